The second kappa shape index (κ2) is 4.93. The van der Waals surface area contributed by atoms with Gasteiger partial charge in [0.2, 0.25) is 5.95 Å². The molecule has 1 aromatic heterocycles. The van der Waals surface area contributed by atoms with Crippen LogP contribution in [-0.2, 0) is 0 Å². The molecule has 0 radical (unpaired) electrons. The summed E-state index contributed by atoms with van der Waals surface area (Å²) in [7, 11) is 0. The lowest BCUT2D eigenvalue weighted by Gasteiger charge is -2.12. The van der Waals surface area contributed by atoms with Crippen LogP contribution < -0.4 is 10.5 Å². The number of anilines is 1. The van der Waals surface area contributed by atoms with Crippen molar-refractivity contribution in [3.63, 3.8) is 0 Å². The standard InChI is InChI=1S/C11H7ClF3N3O/c12-7-3-1-2-6(4-7)9-8(19-11(13,14)15)5-17-10(16)18-9/h1-5H,(H2,16,17,18). The predicted molar refractivity (Wildman–Crippen MR) is 63.6 cm³/mol. The molecule has 19 heavy (non-hydrogen) atoms. The van der Waals surface area contributed by atoms with Crippen molar-refractivity contribution in [2.45, 2.75) is 6.36 Å². The van der Waals surface area contributed by atoms with Crippen molar-refractivity contribution in [2.75, 3.05) is 5.73 Å². The number of nitrogen functional groups attached to an aromatic ring is 1. The largest absolute Gasteiger partial charge is 0.573 e. The number of aromatic nitrogens is 2. The van der Waals surface area contributed by atoms with Crippen molar-refractivity contribution in [2.24, 2.45) is 0 Å². The smallest absolute Gasteiger partial charge is 0.402 e. The van der Waals surface area contributed by atoms with Crippen molar-refractivity contribution in [1.82, 2.24) is 9.97 Å². The lowest BCUT2D eigenvalue weighted by Crippen LogP contribution is -2.18. The Labute approximate surface area is 111 Å². The van der Waals surface area contributed by atoms with E-state index in [1.807, 2.05) is 0 Å². The first-order chi connectivity index (χ1) is 8.85. The molecule has 0 aliphatic heterocycles. The van der Waals surface area contributed by atoms with Gasteiger partial charge in [-0.25, -0.2) is 9.97 Å². The van der Waals surface area contributed by atoms with Crippen LogP contribution >= 0.6 is 11.6 Å². The van der Waals surface area contributed by atoms with Crippen LogP contribution in [0.1, 0.15) is 0 Å². The minimum Gasteiger partial charge on any atom is -0.402 e. The number of hydrogen-bond donors (Lipinski definition) is 1. The number of halogens is 4. The van der Waals surface area contributed by atoms with Crippen LogP contribution in [0.15, 0.2) is 30.5 Å². The lowest BCUT2D eigenvalue weighted by atomic mass is 10.1. The second-order valence-corrected chi connectivity index (χ2v) is 3.94. The molecule has 1 heterocycles. The molecule has 0 fully saturated rings. The summed E-state index contributed by atoms with van der Waals surface area (Å²) < 4.78 is 40.7. The highest BCUT2D eigenvalue weighted by Gasteiger charge is 2.33. The van der Waals surface area contributed by atoms with Crippen LogP contribution in [0.5, 0.6) is 5.75 Å². The van der Waals surface area contributed by atoms with Crippen LogP contribution in [0.3, 0.4) is 0 Å². The van der Waals surface area contributed by atoms with E-state index in [1.165, 1.54) is 12.1 Å². The predicted octanol–water partition coefficient (Wildman–Crippen LogP) is 3.28. The number of ether oxygens (including phenoxy) is 1. The quantitative estimate of drug-likeness (QED) is 0.921. The third-order valence-corrected chi connectivity index (χ3v) is 2.33. The summed E-state index contributed by atoms with van der Waals surface area (Å²) >= 11 is 5.78. The fourth-order valence-corrected chi connectivity index (χ4v) is 1.62. The maximum Gasteiger partial charge on any atom is 0.573 e. The molecule has 2 aromatic rings. The first-order valence-electron chi connectivity index (χ1n) is 4.99. The lowest BCUT2D eigenvalue weighted by molar-refractivity contribution is -0.274. The summed E-state index contributed by atoms with van der Waals surface area (Å²) in [6.07, 6.45) is -3.97. The van der Waals surface area contributed by atoms with Crippen molar-refractivity contribution in [1.29, 1.82) is 0 Å². The monoisotopic (exact) mass is 289 g/mol. The Morgan fingerprint density at radius 1 is 1.26 bits per heavy atom. The zero-order valence-corrected chi connectivity index (χ0v) is 10.0. The van der Waals surface area contributed by atoms with E-state index in [4.69, 9.17) is 17.3 Å². The molecular formula is C11H7ClF3N3O. The maximum absolute atomic E-state index is 12.3. The summed E-state index contributed by atoms with van der Waals surface area (Å²) in [5.74, 6) is -0.700. The number of nitrogens with zero attached hydrogens (tertiary/aromatic N) is 2. The van der Waals surface area contributed by atoms with Crippen molar-refractivity contribution < 1.29 is 17.9 Å². The molecule has 8 heteroatoms. The van der Waals surface area contributed by atoms with Crippen molar-refractivity contribution in [3.05, 3.63) is 35.5 Å². The molecule has 0 saturated heterocycles. The topological polar surface area (TPSA) is 61.0 Å². The van der Waals surface area contributed by atoms with Crippen LogP contribution in [0.2, 0.25) is 5.02 Å². The van der Waals surface area contributed by atoms with Gasteiger partial charge in [-0.1, -0.05) is 23.7 Å². The molecule has 1 aromatic carbocycles. The van der Waals surface area contributed by atoms with Crippen LogP contribution in [0.4, 0.5) is 19.1 Å². The molecule has 0 spiro atoms. The highest BCUT2D eigenvalue weighted by atomic mass is 35.5. The van der Waals surface area contributed by atoms with Crippen LogP contribution in [0, 0.1) is 0 Å². The van der Waals surface area contributed by atoms with Crippen LogP contribution in [0.25, 0.3) is 11.3 Å². The van der Waals surface area contributed by atoms with E-state index in [1.54, 1.807) is 12.1 Å². The zero-order valence-electron chi connectivity index (χ0n) is 9.28. The number of rotatable bonds is 2. The SMILES string of the molecule is Nc1ncc(OC(F)(F)F)c(-c2cccc(Cl)c2)n1. The highest BCUT2D eigenvalue weighted by molar-refractivity contribution is 6.30. The Morgan fingerprint density at radius 2 is 2.00 bits per heavy atom. The van der Waals surface area contributed by atoms with E-state index in [-0.39, 0.29) is 11.6 Å². The van der Waals surface area contributed by atoms with E-state index in [9.17, 15) is 13.2 Å². The first kappa shape index (κ1) is 13.4. The van der Waals surface area contributed by atoms with Gasteiger partial charge in [0.25, 0.3) is 0 Å². The van der Waals surface area contributed by atoms with E-state index >= 15 is 0 Å². The Balaban J connectivity index is 2.51. The minimum atomic E-state index is -4.84. The summed E-state index contributed by atoms with van der Waals surface area (Å²) in [6, 6.07) is 6.15. The van der Waals surface area contributed by atoms with Gasteiger partial charge in [-0.2, -0.15) is 0 Å². The Bertz CT molecular complexity index is 604. The van der Waals surface area contributed by atoms with Gasteiger partial charge in [0.1, 0.15) is 5.69 Å². The molecule has 0 aliphatic carbocycles. The molecular weight excluding hydrogens is 283 g/mol. The summed E-state index contributed by atoms with van der Waals surface area (Å²) in [6.45, 7) is 0. The third-order valence-electron chi connectivity index (χ3n) is 2.10. The molecule has 0 unspecified atom stereocenters. The fraction of sp³-hybridized carbons (Fsp3) is 0.0909. The Kier molecular flexibility index (Phi) is 3.48. The maximum atomic E-state index is 12.3. The number of hydrogen-bond acceptors (Lipinski definition) is 4. The molecule has 2 rings (SSSR count). The fourth-order valence-electron chi connectivity index (χ4n) is 1.43. The minimum absolute atomic E-state index is 0.0766. The molecule has 0 amide bonds. The molecule has 0 aliphatic rings. The van der Waals surface area contributed by atoms with Gasteiger partial charge in [-0.3, -0.25) is 0 Å². The van der Waals surface area contributed by atoms with E-state index in [0.29, 0.717) is 10.6 Å². The molecule has 4 nitrogen and oxygen atoms in total. The van der Waals surface area contributed by atoms with E-state index in [0.717, 1.165) is 6.20 Å². The Hall–Kier alpha value is -2.02. The van der Waals surface area contributed by atoms with Gasteiger partial charge in [0.15, 0.2) is 5.75 Å². The molecule has 2 N–H and O–H groups in total. The molecule has 0 saturated carbocycles. The van der Waals surface area contributed by atoms with Crippen molar-refractivity contribution in [3.8, 4) is 17.0 Å². The zero-order chi connectivity index (χ0) is 14.0. The summed E-state index contributed by atoms with van der Waals surface area (Å²) in [4.78, 5) is 7.23. The van der Waals surface area contributed by atoms with Gasteiger partial charge in [0, 0.05) is 10.6 Å². The average molecular weight is 290 g/mol. The van der Waals surface area contributed by atoms with E-state index < -0.39 is 12.1 Å². The summed E-state index contributed by atoms with van der Waals surface area (Å²) in [5.41, 5.74) is 5.65. The third kappa shape index (κ3) is 3.47. The number of nitrogens with two attached hydrogens (primary N) is 1. The van der Waals surface area contributed by atoms with Gasteiger partial charge < -0.3 is 10.5 Å². The molecule has 0 atom stereocenters. The number of benzene rings is 1. The Morgan fingerprint density at radius 3 is 2.63 bits per heavy atom. The highest BCUT2D eigenvalue weighted by Crippen LogP contribution is 2.33. The first-order valence-corrected chi connectivity index (χ1v) is 5.37. The van der Waals surface area contributed by atoms with Crippen LogP contribution in [-0.4, -0.2) is 16.3 Å². The van der Waals surface area contributed by atoms with Gasteiger partial charge in [-0.15, -0.1) is 13.2 Å². The normalized spacial score (nSPS) is 11.4. The second-order valence-electron chi connectivity index (χ2n) is 3.50. The summed E-state index contributed by atoms with van der Waals surface area (Å²) in [5, 5.41) is 0.354. The van der Waals surface area contributed by atoms with Crippen molar-refractivity contribution >= 4 is 17.5 Å². The van der Waals surface area contributed by atoms with Gasteiger partial charge in [0.05, 0.1) is 6.20 Å². The van der Waals surface area contributed by atoms with Gasteiger partial charge >= 0.3 is 6.36 Å². The van der Waals surface area contributed by atoms with E-state index in [2.05, 4.69) is 14.7 Å². The molecule has 0 bridgehead atoms. The average Bonchev–Trinajstić information content (AvgIpc) is 2.30. The van der Waals surface area contributed by atoms with Gasteiger partial charge in [-0.05, 0) is 12.1 Å². The molecule has 100 valence electrons. The number of alkyl halides is 3.